The molecule has 1 heterocycles. The fourth-order valence-corrected chi connectivity index (χ4v) is 3.08. The van der Waals surface area contributed by atoms with Gasteiger partial charge in [0.05, 0.1) is 5.75 Å². The quantitative estimate of drug-likeness (QED) is 0.800. The molecule has 0 aliphatic carbocycles. The van der Waals surface area contributed by atoms with Gasteiger partial charge in [-0.25, -0.2) is 17.5 Å². The summed E-state index contributed by atoms with van der Waals surface area (Å²) in [5, 5.41) is 7.12. The molecule has 0 aromatic carbocycles. The third-order valence-electron chi connectivity index (χ3n) is 2.60. The van der Waals surface area contributed by atoms with E-state index in [1.807, 2.05) is 6.92 Å². The van der Waals surface area contributed by atoms with Gasteiger partial charge in [0, 0.05) is 19.1 Å². The molecule has 3 N–H and O–H groups in total. The van der Waals surface area contributed by atoms with Crippen LogP contribution in [0.2, 0.25) is 0 Å². The largest absolute Gasteiger partial charge is 0.490 e. The molecular formula is C10H19F3N2O4S. The third kappa shape index (κ3) is 7.06. The second-order valence-corrected chi connectivity index (χ2v) is 6.44. The van der Waals surface area contributed by atoms with Crippen molar-refractivity contribution in [3.63, 3.8) is 0 Å². The number of halogens is 3. The minimum absolute atomic E-state index is 0.188. The number of alkyl halides is 3. The van der Waals surface area contributed by atoms with Gasteiger partial charge in [-0.2, -0.15) is 13.2 Å². The van der Waals surface area contributed by atoms with E-state index in [0.29, 0.717) is 19.5 Å². The predicted molar refractivity (Wildman–Crippen MR) is 66.6 cm³/mol. The van der Waals surface area contributed by atoms with Crippen LogP contribution in [0.25, 0.3) is 0 Å². The van der Waals surface area contributed by atoms with Crippen molar-refractivity contribution in [2.75, 3.05) is 18.8 Å². The summed E-state index contributed by atoms with van der Waals surface area (Å²) in [5.41, 5.74) is 5.69. The van der Waals surface area contributed by atoms with Crippen LogP contribution in [0.4, 0.5) is 13.2 Å². The van der Waals surface area contributed by atoms with E-state index in [-0.39, 0.29) is 11.8 Å². The maximum Gasteiger partial charge on any atom is 0.490 e. The van der Waals surface area contributed by atoms with Crippen LogP contribution in [-0.4, -0.2) is 54.9 Å². The summed E-state index contributed by atoms with van der Waals surface area (Å²) in [6.07, 6.45) is -2.81. The van der Waals surface area contributed by atoms with Crippen molar-refractivity contribution in [3.8, 4) is 0 Å². The van der Waals surface area contributed by atoms with E-state index in [1.165, 1.54) is 0 Å². The molecule has 0 atom stereocenters. The number of carbonyl (C=O) groups is 1. The summed E-state index contributed by atoms with van der Waals surface area (Å²) >= 11 is 0. The summed E-state index contributed by atoms with van der Waals surface area (Å²) < 4.78 is 56.5. The van der Waals surface area contributed by atoms with Gasteiger partial charge in [0.1, 0.15) is 0 Å². The second kappa shape index (κ2) is 7.79. The Morgan fingerprint density at radius 1 is 1.35 bits per heavy atom. The molecule has 1 saturated heterocycles. The molecule has 1 aliphatic heterocycles. The van der Waals surface area contributed by atoms with Gasteiger partial charge in [0.15, 0.2) is 0 Å². The van der Waals surface area contributed by atoms with Crippen molar-refractivity contribution in [1.29, 1.82) is 0 Å². The maximum absolute atomic E-state index is 11.6. The van der Waals surface area contributed by atoms with E-state index < -0.39 is 22.2 Å². The van der Waals surface area contributed by atoms with E-state index in [2.05, 4.69) is 0 Å². The van der Waals surface area contributed by atoms with Crippen molar-refractivity contribution < 1.29 is 31.5 Å². The molecule has 0 amide bonds. The Hall–Kier alpha value is -0.870. The van der Waals surface area contributed by atoms with Crippen LogP contribution in [0.1, 0.15) is 26.2 Å². The van der Waals surface area contributed by atoms with Crippen LogP contribution in [0.15, 0.2) is 0 Å². The highest BCUT2D eigenvalue weighted by molar-refractivity contribution is 7.89. The number of rotatable bonds is 3. The summed E-state index contributed by atoms with van der Waals surface area (Å²) in [4.78, 5) is 8.90. The van der Waals surface area contributed by atoms with Crippen LogP contribution in [0, 0.1) is 0 Å². The molecule has 0 saturated carbocycles. The fourth-order valence-electron chi connectivity index (χ4n) is 1.54. The van der Waals surface area contributed by atoms with E-state index in [0.717, 1.165) is 12.8 Å². The lowest BCUT2D eigenvalue weighted by Gasteiger charge is -2.29. The maximum atomic E-state index is 11.6. The van der Waals surface area contributed by atoms with Gasteiger partial charge < -0.3 is 10.8 Å². The first-order chi connectivity index (χ1) is 9.00. The van der Waals surface area contributed by atoms with Gasteiger partial charge >= 0.3 is 12.1 Å². The molecule has 0 radical (unpaired) electrons. The third-order valence-corrected chi connectivity index (χ3v) is 4.67. The Bertz CT molecular complexity index is 403. The van der Waals surface area contributed by atoms with E-state index in [9.17, 15) is 21.6 Å². The first-order valence-corrected chi connectivity index (χ1v) is 7.65. The van der Waals surface area contributed by atoms with Gasteiger partial charge in [-0.1, -0.05) is 6.92 Å². The minimum atomic E-state index is -5.08. The Labute approximate surface area is 115 Å². The zero-order valence-corrected chi connectivity index (χ0v) is 11.9. The molecule has 10 heteroatoms. The molecular weight excluding hydrogens is 301 g/mol. The number of nitrogens with two attached hydrogens (primary N) is 1. The van der Waals surface area contributed by atoms with Crippen LogP contribution >= 0.6 is 0 Å². The Balaban J connectivity index is 0.000000441. The SMILES string of the molecule is CCCS(=O)(=O)N1CCC(N)CC1.O=C(O)C(F)(F)F. The van der Waals surface area contributed by atoms with E-state index in [4.69, 9.17) is 15.6 Å². The fraction of sp³-hybridized carbons (Fsp3) is 0.900. The number of aliphatic carboxylic acids is 1. The zero-order chi connectivity index (χ0) is 16.0. The summed E-state index contributed by atoms with van der Waals surface area (Å²) in [5.74, 6) is -2.49. The summed E-state index contributed by atoms with van der Waals surface area (Å²) in [6.45, 7) is 3.08. The Morgan fingerprint density at radius 2 is 1.75 bits per heavy atom. The first kappa shape index (κ1) is 19.1. The second-order valence-electron chi connectivity index (χ2n) is 4.36. The molecule has 6 nitrogen and oxygen atoms in total. The molecule has 20 heavy (non-hydrogen) atoms. The number of hydrogen-bond acceptors (Lipinski definition) is 4. The normalized spacial score (nSPS) is 18.2. The van der Waals surface area contributed by atoms with Gasteiger partial charge in [0.25, 0.3) is 0 Å². The van der Waals surface area contributed by atoms with Crippen molar-refractivity contribution in [1.82, 2.24) is 4.31 Å². The molecule has 0 aromatic heterocycles. The molecule has 1 fully saturated rings. The highest BCUT2D eigenvalue weighted by Gasteiger charge is 2.38. The van der Waals surface area contributed by atoms with Gasteiger partial charge in [-0.3, -0.25) is 0 Å². The highest BCUT2D eigenvalue weighted by atomic mass is 32.2. The van der Waals surface area contributed by atoms with Gasteiger partial charge in [0.2, 0.25) is 10.0 Å². The van der Waals surface area contributed by atoms with E-state index >= 15 is 0 Å². The lowest BCUT2D eigenvalue weighted by molar-refractivity contribution is -0.192. The molecule has 0 spiro atoms. The molecule has 0 bridgehead atoms. The topological polar surface area (TPSA) is 101 Å². The van der Waals surface area contributed by atoms with Crippen LogP contribution in [0.5, 0.6) is 0 Å². The standard InChI is InChI=1S/C8H18N2O2S.C2HF3O2/c1-2-7-13(11,12)10-5-3-8(9)4-6-10;3-2(4,5)1(6)7/h8H,2-7,9H2,1H3;(H,6,7). The van der Waals surface area contributed by atoms with Gasteiger partial charge in [-0.05, 0) is 19.3 Å². The first-order valence-electron chi connectivity index (χ1n) is 6.04. The number of nitrogens with zero attached hydrogens (tertiary/aromatic N) is 1. The zero-order valence-electron chi connectivity index (χ0n) is 11.1. The lowest BCUT2D eigenvalue weighted by Crippen LogP contribution is -2.43. The summed E-state index contributed by atoms with van der Waals surface area (Å²) in [6, 6.07) is 0.188. The molecule has 0 unspecified atom stereocenters. The number of carboxylic acid groups (broad SMARTS) is 1. The van der Waals surface area contributed by atoms with Gasteiger partial charge in [-0.15, -0.1) is 0 Å². The van der Waals surface area contributed by atoms with Crippen LogP contribution in [0.3, 0.4) is 0 Å². The molecule has 1 aliphatic rings. The summed E-state index contributed by atoms with van der Waals surface area (Å²) in [7, 11) is -2.98. The number of sulfonamides is 1. The average molecular weight is 320 g/mol. The smallest absolute Gasteiger partial charge is 0.475 e. The van der Waals surface area contributed by atoms with Crippen molar-refractivity contribution >= 4 is 16.0 Å². The average Bonchev–Trinajstić information content (AvgIpc) is 2.29. The lowest BCUT2D eigenvalue weighted by atomic mass is 10.1. The number of carboxylic acids is 1. The van der Waals surface area contributed by atoms with Crippen LogP contribution < -0.4 is 5.73 Å². The number of piperidine rings is 1. The minimum Gasteiger partial charge on any atom is -0.475 e. The highest BCUT2D eigenvalue weighted by Crippen LogP contribution is 2.13. The number of hydrogen-bond donors (Lipinski definition) is 2. The molecule has 1 rings (SSSR count). The van der Waals surface area contributed by atoms with E-state index in [1.54, 1.807) is 4.31 Å². The molecule has 0 aromatic rings. The van der Waals surface area contributed by atoms with Crippen LogP contribution in [-0.2, 0) is 14.8 Å². The van der Waals surface area contributed by atoms with Crippen molar-refractivity contribution in [2.45, 2.75) is 38.4 Å². The van der Waals surface area contributed by atoms with Crippen molar-refractivity contribution in [3.05, 3.63) is 0 Å². The monoisotopic (exact) mass is 320 g/mol. The van der Waals surface area contributed by atoms with Crippen molar-refractivity contribution in [2.24, 2.45) is 5.73 Å². The Kier molecular flexibility index (Phi) is 7.45. The molecule has 120 valence electrons. The predicted octanol–water partition coefficient (Wildman–Crippen LogP) is 0.783. The Morgan fingerprint density at radius 3 is 2.05 bits per heavy atom.